The average molecular weight is 341 g/mol. The maximum atomic E-state index is 12.5. The molecule has 0 unspecified atom stereocenters. The van der Waals surface area contributed by atoms with Crippen LogP contribution in [0.5, 0.6) is 0 Å². The maximum Gasteiger partial charge on any atom is 0.278 e. The van der Waals surface area contributed by atoms with E-state index in [1.165, 1.54) is 0 Å². The minimum absolute atomic E-state index is 0.272. The number of aromatic nitrogens is 3. The van der Waals surface area contributed by atoms with Crippen LogP contribution in [0.15, 0.2) is 42.5 Å². The van der Waals surface area contributed by atoms with Crippen molar-refractivity contribution >= 4 is 23.2 Å². The molecular weight excluding hydrogens is 324 g/mol. The van der Waals surface area contributed by atoms with Crippen LogP contribution in [0.3, 0.4) is 0 Å². The molecule has 0 aliphatic heterocycles. The van der Waals surface area contributed by atoms with Gasteiger partial charge in [0.15, 0.2) is 5.69 Å². The molecule has 0 saturated carbocycles. The van der Waals surface area contributed by atoms with Crippen molar-refractivity contribution < 1.29 is 4.79 Å². The number of nitrogens with zero attached hydrogens (tertiary/aromatic N) is 3. The highest BCUT2D eigenvalue weighted by molar-refractivity contribution is 6.32. The van der Waals surface area contributed by atoms with Crippen molar-refractivity contribution in [1.29, 1.82) is 0 Å². The summed E-state index contributed by atoms with van der Waals surface area (Å²) in [5.74, 6) is -0.296. The largest absolute Gasteiger partial charge is 0.321 e. The first-order valence-corrected chi connectivity index (χ1v) is 7.90. The Balaban J connectivity index is 1.90. The Bertz CT molecular complexity index is 897. The number of anilines is 1. The minimum Gasteiger partial charge on any atom is -0.321 e. The fraction of sp³-hybridized carbons (Fsp3) is 0.167. The molecule has 1 amide bonds. The number of benzene rings is 2. The number of rotatable bonds is 3. The van der Waals surface area contributed by atoms with E-state index in [1.54, 1.807) is 17.7 Å². The Morgan fingerprint density at radius 3 is 2.42 bits per heavy atom. The molecule has 24 heavy (non-hydrogen) atoms. The third kappa shape index (κ3) is 3.16. The second kappa shape index (κ2) is 6.45. The van der Waals surface area contributed by atoms with Gasteiger partial charge in [-0.3, -0.25) is 4.79 Å². The molecule has 1 N–H and O–H groups in total. The first kappa shape index (κ1) is 16.2. The highest BCUT2D eigenvalue weighted by Crippen LogP contribution is 2.22. The van der Waals surface area contributed by atoms with Gasteiger partial charge in [0, 0.05) is 5.69 Å². The summed E-state index contributed by atoms with van der Waals surface area (Å²) in [5.41, 5.74) is 4.50. The zero-order valence-electron chi connectivity index (χ0n) is 13.7. The fourth-order valence-electron chi connectivity index (χ4n) is 2.63. The molecule has 3 aromatic rings. The van der Waals surface area contributed by atoms with Gasteiger partial charge in [-0.25, -0.2) is 4.68 Å². The van der Waals surface area contributed by atoms with E-state index in [0.29, 0.717) is 16.4 Å². The Morgan fingerprint density at radius 2 is 1.75 bits per heavy atom. The van der Waals surface area contributed by atoms with Gasteiger partial charge >= 0.3 is 0 Å². The molecule has 1 heterocycles. The highest BCUT2D eigenvalue weighted by Gasteiger charge is 2.18. The quantitative estimate of drug-likeness (QED) is 0.781. The van der Waals surface area contributed by atoms with Gasteiger partial charge in [-0.05, 0) is 56.2 Å². The van der Waals surface area contributed by atoms with Crippen molar-refractivity contribution in [2.24, 2.45) is 0 Å². The summed E-state index contributed by atoms with van der Waals surface area (Å²) in [4.78, 5) is 12.5. The van der Waals surface area contributed by atoms with Crippen LogP contribution in [0.4, 0.5) is 5.69 Å². The normalized spacial score (nSPS) is 10.7. The van der Waals surface area contributed by atoms with E-state index < -0.39 is 0 Å². The number of nitrogens with one attached hydrogen (secondary N) is 1. The highest BCUT2D eigenvalue weighted by atomic mass is 35.5. The molecule has 0 aliphatic carbocycles. The van der Waals surface area contributed by atoms with E-state index in [-0.39, 0.29) is 11.6 Å². The molecule has 1 aromatic heterocycles. The molecule has 122 valence electrons. The molecule has 5 nitrogen and oxygen atoms in total. The van der Waals surface area contributed by atoms with Crippen molar-refractivity contribution in [2.75, 3.05) is 5.32 Å². The minimum atomic E-state index is -0.296. The molecule has 0 spiro atoms. The summed E-state index contributed by atoms with van der Waals surface area (Å²) in [6, 6.07) is 13.2. The summed E-state index contributed by atoms with van der Waals surface area (Å²) in [6.07, 6.45) is 0. The number of aryl methyl sites for hydroxylation is 2. The number of halogens is 1. The molecule has 0 atom stereocenters. The monoisotopic (exact) mass is 340 g/mol. The van der Waals surface area contributed by atoms with E-state index in [4.69, 9.17) is 11.6 Å². The summed E-state index contributed by atoms with van der Waals surface area (Å²) >= 11 is 6.20. The van der Waals surface area contributed by atoms with Crippen molar-refractivity contribution in [3.05, 3.63) is 70.0 Å². The predicted molar refractivity (Wildman–Crippen MR) is 95.0 cm³/mol. The van der Waals surface area contributed by atoms with Crippen LogP contribution in [0.25, 0.3) is 5.69 Å². The maximum absolute atomic E-state index is 12.5. The topological polar surface area (TPSA) is 59.8 Å². The molecule has 0 radical (unpaired) electrons. The lowest BCUT2D eigenvalue weighted by Gasteiger charge is -2.07. The first-order chi connectivity index (χ1) is 11.5. The zero-order chi connectivity index (χ0) is 17.3. The molecular formula is C18H17ClN4O. The Labute approximate surface area is 145 Å². The van der Waals surface area contributed by atoms with Gasteiger partial charge in [0.1, 0.15) is 0 Å². The number of amides is 1. The Hall–Kier alpha value is -2.66. The molecule has 6 heteroatoms. The Morgan fingerprint density at radius 1 is 1.08 bits per heavy atom. The van der Waals surface area contributed by atoms with E-state index in [2.05, 4.69) is 21.7 Å². The first-order valence-electron chi connectivity index (χ1n) is 7.52. The number of hydrogen-bond acceptors (Lipinski definition) is 3. The molecule has 2 aromatic carbocycles. The van der Waals surface area contributed by atoms with Crippen molar-refractivity contribution in [3.8, 4) is 5.69 Å². The van der Waals surface area contributed by atoms with E-state index >= 15 is 0 Å². The van der Waals surface area contributed by atoms with Gasteiger partial charge in [0.2, 0.25) is 0 Å². The SMILES string of the molecule is Cc1cc(C)cc(NC(=O)c2nnn(-c3ccccc3Cl)c2C)c1. The molecule has 0 aliphatic rings. The molecule has 0 bridgehead atoms. The summed E-state index contributed by atoms with van der Waals surface area (Å²) in [7, 11) is 0. The standard InChI is InChI=1S/C18H17ClN4O/c1-11-8-12(2)10-14(9-11)20-18(24)17-13(3)23(22-21-17)16-7-5-4-6-15(16)19/h4-10H,1-3H3,(H,20,24). The van der Waals surface area contributed by atoms with E-state index in [1.807, 2.05) is 44.2 Å². The van der Waals surface area contributed by atoms with Gasteiger partial charge in [-0.2, -0.15) is 0 Å². The van der Waals surface area contributed by atoms with Gasteiger partial charge < -0.3 is 5.32 Å². The lowest BCUT2D eigenvalue weighted by molar-refractivity contribution is 0.102. The van der Waals surface area contributed by atoms with Crippen molar-refractivity contribution in [3.63, 3.8) is 0 Å². The zero-order valence-corrected chi connectivity index (χ0v) is 14.4. The van der Waals surface area contributed by atoms with Gasteiger partial charge in [-0.1, -0.05) is 35.0 Å². The van der Waals surface area contributed by atoms with Crippen LogP contribution in [0, 0.1) is 20.8 Å². The predicted octanol–water partition coefficient (Wildman–Crippen LogP) is 4.10. The lowest BCUT2D eigenvalue weighted by Crippen LogP contribution is -2.14. The van der Waals surface area contributed by atoms with Crippen molar-refractivity contribution in [1.82, 2.24) is 15.0 Å². The summed E-state index contributed by atoms with van der Waals surface area (Å²) in [6.45, 7) is 5.77. The van der Waals surface area contributed by atoms with Gasteiger partial charge in [0.25, 0.3) is 5.91 Å². The summed E-state index contributed by atoms with van der Waals surface area (Å²) in [5, 5.41) is 11.5. The van der Waals surface area contributed by atoms with E-state index in [0.717, 1.165) is 16.8 Å². The second-order valence-corrected chi connectivity index (χ2v) is 6.12. The second-order valence-electron chi connectivity index (χ2n) is 5.72. The third-order valence-electron chi connectivity index (χ3n) is 3.67. The number of para-hydroxylation sites is 1. The smallest absolute Gasteiger partial charge is 0.278 e. The molecule has 3 rings (SSSR count). The third-order valence-corrected chi connectivity index (χ3v) is 3.99. The number of hydrogen-bond donors (Lipinski definition) is 1. The van der Waals surface area contributed by atoms with Crippen molar-refractivity contribution in [2.45, 2.75) is 20.8 Å². The van der Waals surface area contributed by atoms with Crippen LogP contribution >= 0.6 is 11.6 Å². The van der Waals surface area contributed by atoms with Gasteiger partial charge in [-0.15, -0.1) is 5.10 Å². The van der Waals surface area contributed by atoms with Gasteiger partial charge in [0.05, 0.1) is 16.4 Å². The fourth-order valence-corrected chi connectivity index (χ4v) is 2.84. The molecule has 0 saturated heterocycles. The summed E-state index contributed by atoms with van der Waals surface area (Å²) < 4.78 is 1.57. The Kier molecular flexibility index (Phi) is 4.36. The van der Waals surface area contributed by atoms with Crippen LogP contribution in [0.2, 0.25) is 5.02 Å². The van der Waals surface area contributed by atoms with Crippen LogP contribution in [-0.2, 0) is 0 Å². The number of carbonyl (C=O) groups is 1. The van der Waals surface area contributed by atoms with Crippen LogP contribution in [-0.4, -0.2) is 20.9 Å². The number of carbonyl (C=O) groups excluding carboxylic acids is 1. The molecule has 0 fully saturated rings. The van der Waals surface area contributed by atoms with Crippen LogP contribution < -0.4 is 5.32 Å². The lowest BCUT2D eigenvalue weighted by atomic mass is 10.1. The average Bonchev–Trinajstić information content (AvgIpc) is 2.88. The van der Waals surface area contributed by atoms with Crippen LogP contribution in [0.1, 0.15) is 27.3 Å². The van der Waals surface area contributed by atoms with E-state index in [9.17, 15) is 4.79 Å².